The van der Waals surface area contributed by atoms with E-state index in [4.69, 9.17) is 6.58 Å². The van der Waals surface area contributed by atoms with Crippen molar-refractivity contribution in [1.29, 1.82) is 0 Å². The van der Waals surface area contributed by atoms with Gasteiger partial charge in [-0.15, -0.1) is 0 Å². The molecule has 0 N–H and O–H groups in total. The fourth-order valence-electron chi connectivity index (χ4n) is 4.89. The zero-order valence-electron chi connectivity index (χ0n) is 25.8. The average molecular weight is 482 g/mol. The first-order chi connectivity index (χ1) is 16.0. The van der Waals surface area contributed by atoms with Crippen molar-refractivity contribution in [1.82, 2.24) is 4.90 Å². The van der Waals surface area contributed by atoms with E-state index in [0.29, 0.717) is 23.7 Å². The van der Waals surface area contributed by atoms with Crippen LogP contribution in [0.25, 0.3) is 0 Å². The second-order valence-electron chi connectivity index (χ2n) is 12.4. The maximum atomic E-state index is 4.74. The molecule has 0 amide bonds. The summed E-state index contributed by atoms with van der Waals surface area (Å²) < 4.78 is 0. The first kappa shape index (κ1) is 33.2. The van der Waals surface area contributed by atoms with E-state index in [2.05, 4.69) is 126 Å². The Bertz CT molecular complexity index is 810. The van der Waals surface area contributed by atoms with Gasteiger partial charge in [0.2, 0.25) is 0 Å². The van der Waals surface area contributed by atoms with Crippen molar-refractivity contribution < 1.29 is 0 Å². The minimum Gasteiger partial charge on any atom is -0.343 e. The molecule has 1 nitrogen and oxygen atoms in total. The Hall–Kier alpha value is -1.76. The second-order valence-corrected chi connectivity index (χ2v) is 12.4. The quantitative estimate of drug-likeness (QED) is 0.223. The molecule has 0 saturated carbocycles. The van der Waals surface area contributed by atoms with E-state index in [9.17, 15) is 0 Å². The lowest BCUT2D eigenvalue weighted by atomic mass is 9.78. The van der Waals surface area contributed by atoms with Gasteiger partial charge in [-0.3, -0.25) is 0 Å². The minimum atomic E-state index is 0.0215. The van der Waals surface area contributed by atoms with Gasteiger partial charge < -0.3 is 4.90 Å². The molecule has 0 rings (SSSR count). The highest BCUT2D eigenvalue weighted by atomic mass is 15.2. The topological polar surface area (TPSA) is 3.24 Å². The van der Waals surface area contributed by atoms with E-state index in [1.165, 1.54) is 28.1 Å². The van der Waals surface area contributed by atoms with Crippen molar-refractivity contribution in [3.8, 4) is 0 Å². The summed E-state index contributed by atoms with van der Waals surface area (Å²) >= 11 is 0. The van der Waals surface area contributed by atoms with Crippen molar-refractivity contribution in [2.75, 3.05) is 0 Å². The van der Waals surface area contributed by atoms with E-state index >= 15 is 0 Å². The Morgan fingerprint density at radius 2 is 1.46 bits per heavy atom. The lowest BCUT2D eigenvalue weighted by Crippen LogP contribution is -2.46. The van der Waals surface area contributed by atoms with Crippen LogP contribution >= 0.6 is 0 Å². The molecule has 0 aromatic carbocycles. The summed E-state index contributed by atoms with van der Waals surface area (Å²) in [5, 5.41) is 0. The van der Waals surface area contributed by atoms with E-state index in [1.54, 1.807) is 0 Å². The smallest absolute Gasteiger partial charge is 0.0414 e. The normalized spacial score (nSPS) is 18.1. The van der Waals surface area contributed by atoms with Gasteiger partial charge in [-0.05, 0) is 69.3 Å². The molecule has 0 fully saturated rings. The molecule has 0 saturated heterocycles. The molecule has 0 heterocycles. The number of nitrogens with zero attached hydrogens (tertiary/aromatic N) is 1. The highest BCUT2D eigenvalue weighted by Crippen LogP contribution is 2.40. The summed E-state index contributed by atoms with van der Waals surface area (Å²) in [6.45, 7) is 42.8. The zero-order chi connectivity index (χ0) is 27.7. The predicted octanol–water partition coefficient (Wildman–Crippen LogP) is 10.9. The van der Waals surface area contributed by atoms with Gasteiger partial charge in [0.25, 0.3) is 0 Å². The molecule has 0 aromatic heterocycles. The molecule has 0 bridgehead atoms. The Morgan fingerprint density at radius 1 is 0.914 bits per heavy atom. The van der Waals surface area contributed by atoms with E-state index in [1.807, 2.05) is 6.08 Å². The summed E-state index contributed by atoms with van der Waals surface area (Å²) in [4.78, 5) is 2.57. The van der Waals surface area contributed by atoms with Gasteiger partial charge in [0.1, 0.15) is 0 Å². The van der Waals surface area contributed by atoms with Crippen LogP contribution < -0.4 is 0 Å². The fraction of sp³-hybridized carbons (Fsp3) is 0.647. The van der Waals surface area contributed by atoms with Gasteiger partial charge in [0.15, 0.2) is 0 Å². The number of hydrogen-bond acceptors (Lipinski definition) is 1. The second kappa shape index (κ2) is 14.1. The molecule has 1 heteroatoms. The summed E-state index contributed by atoms with van der Waals surface area (Å²) in [6.07, 6.45) is 12.2. The van der Waals surface area contributed by atoms with E-state index < -0.39 is 0 Å². The molecule has 200 valence electrons. The molecule has 35 heavy (non-hydrogen) atoms. The summed E-state index contributed by atoms with van der Waals surface area (Å²) in [5.74, 6) is 1.66. The molecule has 0 aromatic rings. The molecule has 0 aliphatic carbocycles. The van der Waals surface area contributed by atoms with Crippen LogP contribution in [0.3, 0.4) is 0 Å². The van der Waals surface area contributed by atoms with Crippen LogP contribution in [0.2, 0.25) is 0 Å². The van der Waals surface area contributed by atoms with Crippen molar-refractivity contribution in [2.24, 2.45) is 29.1 Å². The predicted molar refractivity (Wildman–Crippen MR) is 161 cm³/mol. The van der Waals surface area contributed by atoms with E-state index in [0.717, 1.165) is 19.3 Å². The Labute approximate surface area is 220 Å². The standard InChI is InChI=1S/C34H59N/c1-17-22-34(16,19-3)35(31(12)28(9)32(24(4)5)23-25(6)18-2)30(11)27(8)21-20-26(7)29(10)33(13,14)15/h18,20-21,23-24,28-29,32H,2,7,12,17,19,22H2,1,3-6,8-11,13-16H3/b21-20-,25-23-,30-27+. The maximum Gasteiger partial charge on any atom is 0.0414 e. The van der Waals surface area contributed by atoms with Crippen molar-refractivity contribution in [2.45, 2.75) is 115 Å². The SMILES string of the molecule is C=C/C(C)=C\C(C(C)C)C(C)C(=C)N(/C(C)=C(C)/C=C\C(=C)C(C)C(C)(C)C)C(C)(CC)CCC. The van der Waals surface area contributed by atoms with Gasteiger partial charge in [0, 0.05) is 22.9 Å². The van der Waals surface area contributed by atoms with Crippen LogP contribution in [0, 0.1) is 29.1 Å². The number of rotatable bonds is 14. The Balaban J connectivity index is 6.57. The summed E-state index contributed by atoms with van der Waals surface area (Å²) in [7, 11) is 0. The third-order valence-electron chi connectivity index (χ3n) is 8.34. The molecule has 0 aliphatic rings. The first-order valence-electron chi connectivity index (χ1n) is 13.8. The van der Waals surface area contributed by atoms with Crippen molar-refractivity contribution in [3.63, 3.8) is 0 Å². The molecular formula is C34H59N. The molecule has 0 aliphatic heterocycles. The van der Waals surface area contributed by atoms with Gasteiger partial charge in [-0.25, -0.2) is 0 Å². The average Bonchev–Trinajstić information content (AvgIpc) is 2.78. The maximum absolute atomic E-state index is 4.74. The lowest BCUT2D eigenvalue weighted by molar-refractivity contribution is 0.143. The fourth-order valence-corrected chi connectivity index (χ4v) is 4.89. The molecule has 0 spiro atoms. The third kappa shape index (κ3) is 9.32. The Kier molecular flexibility index (Phi) is 13.4. The van der Waals surface area contributed by atoms with E-state index in [-0.39, 0.29) is 11.0 Å². The monoisotopic (exact) mass is 481 g/mol. The van der Waals surface area contributed by atoms with Crippen molar-refractivity contribution in [3.05, 3.63) is 72.2 Å². The van der Waals surface area contributed by atoms with Gasteiger partial charge in [0.05, 0.1) is 0 Å². The summed E-state index contributed by atoms with van der Waals surface area (Å²) in [6, 6.07) is 0. The lowest BCUT2D eigenvalue weighted by Gasteiger charge is -2.47. The van der Waals surface area contributed by atoms with Crippen LogP contribution in [0.15, 0.2) is 72.2 Å². The number of hydrogen-bond donors (Lipinski definition) is 0. The molecule has 4 atom stereocenters. The molecular weight excluding hydrogens is 422 g/mol. The van der Waals surface area contributed by atoms with Gasteiger partial charge in [-0.2, -0.15) is 0 Å². The molecule has 0 radical (unpaired) electrons. The van der Waals surface area contributed by atoms with Crippen LogP contribution in [0.1, 0.15) is 109 Å². The van der Waals surface area contributed by atoms with Gasteiger partial charge >= 0.3 is 0 Å². The Morgan fingerprint density at radius 3 is 1.86 bits per heavy atom. The highest BCUT2D eigenvalue weighted by molar-refractivity contribution is 5.32. The summed E-state index contributed by atoms with van der Waals surface area (Å²) in [5.41, 5.74) is 6.42. The third-order valence-corrected chi connectivity index (χ3v) is 8.34. The van der Waals surface area contributed by atoms with Crippen LogP contribution in [0.5, 0.6) is 0 Å². The largest absolute Gasteiger partial charge is 0.343 e. The van der Waals surface area contributed by atoms with Crippen LogP contribution in [-0.2, 0) is 0 Å². The molecule has 4 unspecified atom stereocenters. The van der Waals surface area contributed by atoms with Crippen LogP contribution in [0.4, 0.5) is 0 Å². The minimum absolute atomic E-state index is 0.0215. The zero-order valence-corrected chi connectivity index (χ0v) is 25.8. The number of allylic oxidation sites excluding steroid dienone is 9. The first-order valence-corrected chi connectivity index (χ1v) is 13.8. The van der Waals surface area contributed by atoms with Crippen LogP contribution in [-0.4, -0.2) is 10.4 Å². The van der Waals surface area contributed by atoms with Crippen molar-refractivity contribution >= 4 is 0 Å². The van der Waals surface area contributed by atoms with Gasteiger partial charge in [-0.1, -0.05) is 124 Å². The highest BCUT2D eigenvalue weighted by Gasteiger charge is 2.35.